The maximum absolute atomic E-state index is 14.5. The molecular weight excluding hydrogens is 637 g/mol. The summed E-state index contributed by atoms with van der Waals surface area (Å²) in [4.78, 5) is 52.1. The molecular formula is C34H27ClFN9O3. The van der Waals surface area contributed by atoms with E-state index in [4.69, 9.17) is 11.6 Å². The summed E-state index contributed by atoms with van der Waals surface area (Å²) >= 11 is 6.85. The minimum atomic E-state index is -0.872. The number of nitrogens with one attached hydrogen (secondary N) is 1. The lowest BCUT2D eigenvalue weighted by atomic mass is 10.0. The van der Waals surface area contributed by atoms with Gasteiger partial charge in [-0.05, 0) is 47.7 Å². The monoisotopic (exact) mass is 663 g/mol. The van der Waals surface area contributed by atoms with Crippen molar-refractivity contribution < 1.29 is 9.18 Å². The molecule has 0 saturated heterocycles. The van der Waals surface area contributed by atoms with Crippen LogP contribution in [0.1, 0.15) is 28.7 Å². The van der Waals surface area contributed by atoms with Crippen LogP contribution >= 0.6 is 11.6 Å². The maximum atomic E-state index is 14.5. The zero-order chi connectivity index (χ0) is 33.7. The van der Waals surface area contributed by atoms with Crippen LogP contribution in [-0.4, -0.2) is 53.3 Å². The lowest BCUT2D eigenvalue weighted by Gasteiger charge is -2.22. The Morgan fingerprint density at radius 2 is 1.90 bits per heavy atom. The minimum absolute atomic E-state index is 0.0748. The van der Waals surface area contributed by atoms with Crippen LogP contribution in [0.25, 0.3) is 27.4 Å². The molecule has 3 aromatic carbocycles. The van der Waals surface area contributed by atoms with Gasteiger partial charge in [0.25, 0.3) is 0 Å². The Kier molecular flexibility index (Phi) is 7.73. The first-order valence-corrected chi connectivity index (χ1v) is 15.4. The summed E-state index contributed by atoms with van der Waals surface area (Å²) in [6.07, 6.45) is 5.76. The number of nitrogens with zero attached hydrogens (tertiary/aromatic N) is 8. The van der Waals surface area contributed by atoms with Crippen LogP contribution in [0.2, 0.25) is 5.02 Å². The van der Waals surface area contributed by atoms with E-state index in [0.29, 0.717) is 52.5 Å². The summed E-state index contributed by atoms with van der Waals surface area (Å²) in [5.74, 6) is -0.898. The van der Waals surface area contributed by atoms with Crippen molar-refractivity contribution in [3.63, 3.8) is 0 Å². The number of aromatic nitrogens is 6. The first kappa shape index (κ1) is 30.8. The molecule has 0 aliphatic carbocycles. The van der Waals surface area contributed by atoms with Crippen molar-refractivity contribution >= 4 is 50.8 Å². The molecule has 0 spiro atoms. The second-order valence-electron chi connectivity index (χ2n) is 11.7. The summed E-state index contributed by atoms with van der Waals surface area (Å²) < 4.78 is 18.1. The largest absolute Gasteiger partial charge is 0.359 e. The van der Waals surface area contributed by atoms with Crippen LogP contribution in [0.5, 0.6) is 0 Å². The molecule has 8 rings (SSSR count). The smallest absolute Gasteiger partial charge is 0.345 e. The fourth-order valence-electron chi connectivity index (χ4n) is 6.21. The predicted octanol–water partition coefficient (Wildman–Crippen LogP) is 4.23. The summed E-state index contributed by atoms with van der Waals surface area (Å²) in [6, 6.07) is 13.0. The lowest BCUT2D eigenvalue weighted by Crippen LogP contribution is -2.42. The van der Waals surface area contributed by atoms with Gasteiger partial charge in [0.05, 0.1) is 40.2 Å². The molecule has 0 saturated carbocycles. The summed E-state index contributed by atoms with van der Waals surface area (Å²) in [6.45, 7) is 0.171. The Labute approximate surface area is 277 Å². The van der Waals surface area contributed by atoms with Gasteiger partial charge in [-0.1, -0.05) is 35.9 Å². The van der Waals surface area contributed by atoms with E-state index in [9.17, 15) is 24.0 Å². The van der Waals surface area contributed by atoms with Crippen LogP contribution < -0.4 is 16.7 Å². The molecule has 0 radical (unpaired) electrons. The molecule has 1 N–H and O–H groups in total. The Balaban J connectivity index is 1.53. The van der Waals surface area contributed by atoms with Crippen molar-refractivity contribution in [3.8, 4) is 11.8 Å². The van der Waals surface area contributed by atoms with Crippen molar-refractivity contribution in [1.82, 2.24) is 33.8 Å². The van der Waals surface area contributed by atoms with E-state index in [2.05, 4.69) is 20.4 Å². The average molecular weight is 664 g/mol. The number of hydrogen-bond acceptors (Lipinski definition) is 8. The Morgan fingerprint density at radius 1 is 1.06 bits per heavy atom. The van der Waals surface area contributed by atoms with Gasteiger partial charge in [-0.2, -0.15) is 15.3 Å². The third-order valence-electron chi connectivity index (χ3n) is 8.61. The molecule has 48 heavy (non-hydrogen) atoms. The highest BCUT2D eigenvalue weighted by Gasteiger charge is 2.23. The van der Waals surface area contributed by atoms with Crippen LogP contribution in [0.4, 0.5) is 16.0 Å². The molecule has 240 valence electrons. The number of rotatable bonds is 2. The molecule has 0 unspecified atom stereocenters. The number of nitriles is 1. The average Bonchev–Trinajstić information content (AvgIpc) is 3.44. The van der Waals surface area contributed by atoms with E-state index in [1.54, 1.807) is 35.9 Å². The normalized spacial score (nSPS) is 13.5. The SMILES string of the molecule is CN1CCc2c(c(Cl)cc3nn(C)cc23)Nc2nc(=O)n(c(=O)n2Cc2ccc(F)c(C#N)c2)-c2cncc3cccc(c23)CCC1=O. The molecule has 3 aromatic heterocycles. The zero-order valence-electron chi connectivity index (χ0n) is 25.9. The van der Waals surface area contributed by atoms with Gasteiger partial charge >= 0.3 is 11.4 Å². The van der Waals surface area contributed by atoms with E-state index in [1.165, 1.54) is 22.9 Å². The van der Waals surface area contributed by atoms with E-state index >= 15 is 0 Å². The molecule has 0 fully saturated rings. The van der Waals surface area contributed by atoms with Crippen LogP contribution in [0.15, 0.2) is 70.6 Å². The number of carbonyl (C=O) groups is 1. The maximum Gasteiger partial charge on any atom is 0.359 e. The summed E-state index contributed by atoms with van der Waals surface area (Å²) in [7, 11) is 3.53. The Bertz CT molecular complexity index is 2460. The standard InChI is InChI=1S/C34H27ClFN9O3/c1-42-11-10-23-24-18-43(2)41-27(24)13-25(35)31(23)39-32-40-33(47)45(34(48)44(32)17-19-6-8-26(36)22(12-19)14-37)28-16-38-15-21-5-3-4-20(30(21)28)7-9-29(42)46/h3-6,8,12-13,15-16,18H,7,9-11,17H2,1-2H3,(H,39,40,47). The number of hydrogen-bond donors (Lipinski definition) is 1. The second kappa shape index (κ2) is 12.1. The van der Waals surface area contributed by atoms with Gasteiger partial charge in [0.15, 0.2) is 0 Å². The van der Waals surface area contributed by atoms with Crippen molar-refractivity contribution in [2.75, 3.05) is 18.9 Å². The van der Waals surface area contributed by atoms with Gasteiger partial charge < -0.3 is 10.2 Å². The number of amides is 1. The second-order valence-corrected chi connectivity index (χ2v) is 12.1. The van der Waals surface area contributed by atoms with E-state index in [-0.39, 0.29) is 41.1 Å². The van der Waals surface area contributed by atoms with Gasteiger partial charge in [-0.15, -0.1) is 0 Å². The Morgan fingerprint density at radius 3 is 2.71 bits per heavy atom. The highest BCUT2D eigenvalue weighted by atomic mass is 35.5. The predicted molar refractivity (Wildman–Crippen MR) is 178 cm³/mol. The molecule has 0 atom stereocenters. The van der Waals surface area contributed by atoms with Crippen molar-refractivity contribution in [2.45, 2.75) is 25.8 Å². The number of aryl methyl sites for hydroxylation is 2. The number of pyridine rings is 1. The summed E-state index contributed by atoms with van der Waals surface area (Å²) in [5, 5.41) is 19.4. The van der Waals surface area contributed by atoms with Gasteiger partial charge in [-0.25, -0.2) is 18.5 Å². The van der Waals surface area contributed by atoms with Crippen LogP contribution in [0, 0.1) is 17.1 Å². The summed E-state index contributed by atoms with van der Waals surface area (Å²) in [5.41, 5.74) is 1.26. The first-order chi connectivity index (χ1) is 23.1. The van der Waals surface area contributed by atoms with Crippen molar-refractivity contribution in [1.29, 1.82) is 5.26 Å². The fraction of sp³-hybridized carbons (Fsp3) is 0.206. The highest BCUT2D eigenvalue weighted by Crippen LogP contribution is 2.35. The molecule has 1 amide bonds. The molecule has 6 aromatic rings. The molecule has 14 heteroatoms. The minimum Gasteiger partial charge on any atom is -0.345 e. The lowest BCUT2D eigenvalue weighted by molar-refractivity contribution is -0.129. The van der Waals surface area contributed by atoms with Gasteiger partial charge in [-0.3, -0.25) is 19.0 Å². The molecule has 5 heterocycles. The zero-order valence-corrected chi connectivity index (χ0v) is 26.6. The Hall–Kier alpha value is -5.87. The number of halogens is 2. The number of benzene rings is 3. The molecule has 12 nitrogen and oxygen atoms in total. The van der Waals surface area contributed by atoms with Gasteiger partial charge in [0.1, 0.15) is 11.9 Å². The van der Waals surface area contributed by atoms with Crippen LogP contribution in [0.3, 0.4) is 0 Å². The number of likely N-dealkylation sites (N-methyl/N-ethyl adjacent to an activating group) is 1. The number of anilines is 2. The van der Waals surface area contributed by atoms with Crippen molar-refractivity contribution in [3.05, 3.63) is 115 Å². The van der Waals surface area contributed by atoms with E-state index in [1.807, 2.05) is 30.5 Å². The highest BCUT2D eigenvalue weighted by molar-refractivity contribution is 6.34. The van der Waals surface area contributed by atoms with E-state index in [0.717, 1.165) is 21.6 Å². The van der Waals surface area contributed by atoms with E-state index < -0.39 is 17.2 Å². The fourth-order valence-corrected chi connectivity index (χ4v) is 6.47. The molecule has 2 aliphatic heterocycles. The topological polar surface area (TPSA) is 144 Å². The van der Waals surface area contributed by atoms with Gasteiger partial charge in [0, 0.05) is 55.6 Å². The molecule has 2 aliphatic rings. The number of fused-ring (bicyclic) bond motifs is 8. The number of carbonyl (C=O) groups excluding carboxylic acids is 1. The van der Waals surface area contributed by atoms with Crippen molar-refractivity contribution in [2.24, 2.45) is 7.05 Å². The van der Waals surface area contributed by atoms with Crippen LogP contribution in [-0.2, 0) is 31.2 Å². The third kappa shape index (κ3) is 5.35. The quantitative estimate of drug-likeness (QED) is 0.290. The van der Waals surface area contributed by atoms with Gasteiger partial charge in [0.2, 0.25) is 11.9 Å². The third-order valence-corrected chi connectivity index (χ3v) is 8.91. The molecule has 2 bridgehead atoms. The first-order valence-electron chi connectivity index (χ1n) is 15.1.